The van der Waals surface area contributed by atoms with E-state index in [0.717, 1.165) is 46.8 Å². The minimum atomic E-state index is -0.400. The minimum Gasteiger partial charge on any atom is -0.493 e. The summed E-state index contributed by atoms with van der Waals surface area (Å²) in [4.78, 5) is 26.2. The molecule has 8 nitrogen and oxygen atoms in total. The van der Waals surface area contributed by atoms with Crippen LogP contribution < -0.4 is 10.1 Å². The highest BCUT2D eigenvalue weighted by Gasteiger charge is 2.28. The zero-order valence-corrected chi connectivity index (χ0v) is 22.1. The third-order valence-corrected chi connectivity index (χ3v) is 7.80. The molecule has 0 atom stereocenters. The Bertz CT molecular complexity index is 1200. The highest BCUT2D eigenvalue weighted by molar-refractivity contribution is 7.99. The zero-order chi connectivity index (χ0) is 24.9. The Balaban J connectivity index is 1.42. The summed E-state index contributed by atoms with van der Waals surface area (Å²) in [6, 6.07) is 7.81. The van der Waals surface area contributed by atoms with Crippen molar-refractivity contribution in [3.05, 3.63) is 40.3 Å². The van der Waals surface area contributed by atoms with Crippen molar-refractivity contribution in [2.75, 3.05) is 24.8 Å². The van der Waals surface area contributed by atoms with Crippen LogP contribution >= 0.6 is 23.1 Å². The third kappa shape index (κ3) is 5.70. The lowest BCUT2D eigenvalue weighted by Gasteiger charge is -2.10. The number of aromatic nitrogens is 3. The van der Waals surface area contributed by atoms with E-state index in [4.69, 9.17) is 9.47 Å². The number of carbonyl (C=O) groups excluding carboxylic acids is 2. The highest BCUT2D eigenvalue weighted by atomic mass is 32.2. The minimum absolute atomic E-state index is 0.156. The predicted octanol–water partition coefficient (Wildman–Crippen LogP) is 5.07. The molecule has 3 aromatic rings. The van der Waals surface area contributed by atoms with Gasteiger partial charge in [-0.05, 0) is 61.9 Å². The molecule has 2 heterocycles. The number of anilines is 1. The molecule has 4 rings (SSSR count). The van der Waals surface area contributed by atoms with E-state index in [1.54, 1.807) is 0 Å². The molecule has 1 aromatic carbocycles. The van der Waals surface area contributed by atoms with E-state index in [2.05, 4.69) is 29.4 Å². The molecule has 1 aliphatic rings. The lowest BCUT2D eigenvalue weighted by molar-refractivity contribution is -0.113. The molecule has 1 amide bonds. The normalized spacial score (nSPS) is 12.6. The number of methoxy groups -OCH3 is 1. The fourth-order valence-corrected chi connectivity index (χ4v) is 6.06. The summed E-state index contributed by atoms with van der Waals surface area (Å²) >= 11 is 2.79. The van der Waals surface area contributed by atoms with Gasteiger partial charge in [0.15, 0.2) is 11.0 Å². The number of benzene rings is 1. The quantitative estimate of drug-likeness (QED) is 0.298. The molecule has 186 valence electrons. The molecule has 0 spiro atoms. The Morgan fingerprint density at radius 3 is 2.66 bits per heavy atom. The topological polar surface area (TPSA) is 95.3 Å². The fraction of sp³-hybridized carbons (Fsp3) is 0.440. The van der Waals surface area contributed by atoms with E-state index in [1.165, 1.54) is 30.2 Å². The molecule has 10 heteroatoms. The first-order chi connectivity index (χ1) is 16.9. The van der Waals surface area contributed by atoms with Crippen molar-refractivity contribution in [1.29, 1.82) is 0 Å². The Kier molecular flexibility index (Phi) is 8.12. The van der Waals surface area contributed by atoms with Crippen molar-refractivity contribution in [2.24, 2.45) is 5.92 Å². The van der Waals surface area contributed by atoms with Crippen molar-refractivity contribution in [3.63, 3.8) is 0 Å². The maximum absolute atomic E-state index is 12.8. The van der Waals surface area contributed by atoms with Gasteiger partial charge in [-0.1, -0.05) is 25.6 Å². The second-order valence-electron chi connectivity index (χ2n) is 8.67. The van der Waals surface area contributed by atoms with Gasteiger partial charge in [0.05, 0.1) is 25.0 Å². The van der Waals surface area contributed by atoms with Gasteiger partial charge in [0, 0.05) is 17.0 Å². The van der Waals surface area contributed by atoms with E-state index in [-0.39, 0.29) is 11.7 Å². The van der Waals surface area contributed by atoms with Crippen LogP contribution in [-0.2, 0) is 28.9 Å². The van der Waals surface area contributed by atoms with Crippen LogP contribution in [0.25, 0.3) is 11.4 Å². The van der Waals surface area contributed by atoms with Gasteiger partial charge in [-0.15, -0.1) is 21.5 Å². The summed E-state index contributed by atoms with van der Waals surface area (Å²) in [5.41, 5.74) is 2.45. The number of hydrogen-bond donors (Lipinski definition) is 1. The van der Waals surface area contributed by atoms with Crippen molar-refractivity contribution in [2.45, 2.75) is 51.7 Å². The van der Waals surface area contributed by atoms with Gasteiger partial charge < -0.3 is 19.4 Å². The average Bonchev–Trinajstić information content (AvgIpc) is 3.55. The first-order valence-corrected chi connectivity index (χ1v) is 13.5. The summed E-state index contributed by atoms with van der Waals surface area (Å²) in [6.45, 7) is 7.59. The number of carbonyl (C=O) groups is 2. The maximum Gasteiger partial charge on any atom is 0.341 e. The van der Waals surface area contributed by atoms with Crippen LogP contribution in [0, 0.1) is 5.92 Å². The third-order valence-electron chi connectivity index (χ3n) is 5.63. The van der Waals surface area contributed by atoms with Crippen LogP contribution in [0.1, 0.15) is 48.0 Å². The molecule has 2 aromatic heterocycles. The second kappa shape index (κ2) is 11.3. The number of amides is 1. The summed E-state index contributed by atoms with van der Waals surface area (Å²) < 4.78 is 12.7. The van der Waals surface area contributed by atoms with E-state index in [9.17, 15) is 9.59 Å². The number of ether oxygens (including phenoxy) is 2. The van der Waals surface area contributed by atoms with Gasteiger partial charge in [-0.3, -0.25) is 4.79 Å². The summed E-state index contributed by atoms with van der Waals surface area (Å²) in [5, 5.41) is 12.8. The van der Waals surface area contributed by atoms with Crippen LogP contribution in [0.4, 0.5) is 5.00 Å². The van der Waals surface area contributed by atoms with Crippen molar-refractivity contribution in [1.82, 2.24) is 14.8 Å². The number of nitrogens with zero attached hydrogens (tertiary/aromatic N) is 3. The number of aryl methyl sites for hydroxylation is 1. The number of nitrogens with one attached hydrogen (secondary N) is 1. The van der Waals surface area contributed by atoms with E-state index < -0.39 is 5.97 Å². The Morgan fingerprint density at radius 1 is 1.20 bits per heavy atom. The predicted molar refractivity (Wildman–Crippen MR) is 139 cm³/mol. The van der Waals surface area contributed by atoms with E-state index in [1.807, 2.05) is 35.8 Å². The lowest BCUT2D eigenvalue weighted by atomic mass is 10.1. The molecule has 0 fully saturated rings. The fourth-order valence-electron chi connectivity index (χ4n) is 3.96. The molecule has 0 saturated heterocycles. The van der Waals surface area contributed by atoms with Crippen LogP contribution in [0.5, 0.6) is 5.75 Å². The van der Waals surface area contributed by atoms with Gasteiger partial charge in [0.25, 0.3) is 0 Å². The van der Waals surface area contributed by atoms with E-state index in [0.29, 0.717) is 34.8 Å². The van der Waals surface area contributed by atoms with Crippen LogP contribution in [0.2, 0.25) is 0 Å². The second-order valence-corrected chi connectivity index (χ2v) is 10.7. The smallest absolute Gasteiger partial charge is 0.341 e. The summed E-state index contributed by atoms with van der Waals surface area (Å²) in [7, 11) is 1.37. The molecule has 0 radical (unpaired) electrons. The first kappa shape index (κ1) is 25.2. The molecule has 0 aliphatic heterocycles. The van der Waals surface area contributed by atoms with Crippen LogP contribution in [-0.4, -0.2) is 46.1 Å². The average molecular weight is 515 g/mol. The number of thioether (sulfide) groups is 1. The Labute approximate surface area is 213 Å². The molecular weight excluding hydrogens is 484 g/mol. The van der Waals surface area contributed by atoms with Crippen LogP contribution in [0.3, 0.4) is 0 Å². The van der Waals surface area contributed by atoms with E-state index >= 15 is 0 Å². The molecule has 0 saturated carbocycles. The zero-order valence-electron chi connectivity index (χ0n) is 20.4. The van der Waals surface area contributed by atoms with Gasteiger partial charge in [-0.2, -0.15) is 0 Å². The largest absolute Gasteiger partial charge is 0.493 e. The van der Waals surface area contributed by atoms with Crippen molar-refractivity contribution in [3.8, 4) is 17.1 Å². The number of esters is 1. The lowest BCUT2D eigenvalue weighted by Crippen LogP contribution is -2.16. The van der Waals surface area contributed by atoms with Gasteiger partial charge in [-0.25, -0.2) is 4.79 Å². The SMILES string of the molecule is CCn1c(SCC(=O)Nc2sc3c(c2C(=O)OC)CCC3)nnc1-c1ccc(OCC(C)C)cc1. The number of thiophene rings is 1. The molecule has 35 heavy (non-hydrogen) atoms. The molecule has 1 N–H and O–H groups in total. The Hall–Kier alpha value is -2.85. The maximum atomic E-state index is 12.8. The van der Waals surface area contributed by atoms with Gasteiger partial charge >= 0.3 is 5.97 Å². The van der Waals surface area contributed by atoms with Gasteiger partial charge in [0.1, 0.15) is 10.8 Å². The van der Waals surface area contributed by atoms with Crippen molar-refractivity contribution < 1.29 is 19.1 Å². The molecule has 1 aliphatic carbocycles. The number of fused-ring (bicyclic) bond motifs is 1. The standard InChI is InChI=1S/C25H30N4O4S2/c1-5-29-22(16-9-11-17(12-10-16)33-13-15(2)3)27-28-25(29)34-14-20(30)26-23-21(24(31)32-4)18-7-6-8-19(18)35-23/h9-12,15H,5-8,13-14H2,1-4H3,(H,26,30). The number of rotatable bonds is 10. The Morgan fingerprint density at radius 2 is 1.97 bits per heavy atom. The van der Waals surface area contributed by atoms with Crippen LogP contribution in [0.15, 0.2) is 29.4 Å². The monoisotopic (exact) mass is 514 g/mol. The highest BCUT2D eigenvalue weighted by Crippen LogP contribution is 2.39. The van der Waals surface area contributed by atoms with Gasteiger partial charge in [0.2, 0.25) is 5.91 Å². The molecular formula is C25H30N4O4S2. The number of hydrogen-bond acceptors (Lipinski definition) is 8. The first-order valence-electron chi connectivity index (χ1n) is 11.7. The molecule has 0 bridgehead atoms. The summed E-state index contributed by atoms with van der Waals surface area (Å²) in [6.07, 6.45) is 2.80. The molecule has 0 unspecified atom stereocenters. The van der Waals surface area contributed by atoms with Crippen molar-refractivity contribution >= 4 is 40.0 Å². The summed E-state index contributed by atoms with van der Waals surface area (Å²) in [5.74, 6) is 1.59.